The van der Waals surface area contributed by atoms with E-state index in [1.165, 1.54) is 12.0 Å². The number of rotatable bonds is 5. The molecule has 0 radical (unpaired) electrons. The van der Waals surface area contributed by atoms with Gasteiger partial charge in [-0.15, -0.1) is 0 Å². The van der Waals surface area contributed by atoms with Crippen molar-refractivity contribution in [3.63, 3.8) is 0 Å². The molecule has 6 atom stereocenters. The molecule has 1 aromatic heterocycles. The van der Waals surface area contributed by atoms with E-state index in [4.69, 9.17) is 14.2 Å². The highest BCUT2D eigenvalue weighted by atomic mass is 32.2. The Morgan fingerprint density at radius 1 is 1.11 bits per heavy atom. The van der Waals surface area contributed by atoms with Crippen molar-refractivity contribution in [2.45, 2.75) is 139 Å². The highest BCUT2D eigenvalue weighted by Gasteiger charge is 2.64. The van der Waals surface area contributed by atoms with E-state index >= 15 is 4.39 Å². The molecule has 16 heteroatoms. The van der Waals surface area contributed by atoms with Crippen molar-refractivity contribution >= 4 is 44.7 Å². The lowest BCUT2D eigenvalue weighted by molar-refractivity contribution is -0.141. The van der Waals surface area contributed by atoms with Gasteiger partial charge in [-0.1, -0.05) is 25.0 Å². The Morgan fingerprint density at radius 3 is 2.55 bits per heavy atom. The van der Waals surface area contributed by atoms with Crippen molar-refractivity contribution in [2.24, 2.45) is 5.92 Å². The molecule has 1 spiro atoms. The Labute approximate surface area is 326 Å². The first-order valence-electron chi connectivity index (χ1n) is 19.5. The number of allylic oxidation sites excluding steroid dienone is 1. The number of pyridine rings is 1. The van der Waals surface area contributed by atoms with Gasteiger partial charge in [0.15, 0.2) is 0 Å². The topological polar surface area (TPSA) is 182 Å². The summed E-state index contributed by atoms with van der Waals surface area (Å²) in [7, 11) is -2.52. The van der Waals surface area contributed by atoms with Gasteiger partial charge in [-0.2, -0.15) is 0 Å². The number of alkyl halides is 1. The second-order valence-corrected chi connectivity index (χ2v) is 19.6. The Morgan fingerprint density at radius 2 is 1.86 bits per heavy atom. The number of aromatic nitrogens is 1. The van der Waals surface area contributed by atoms with E-state index in [0.29, 0.717) is 53.6 Å². The van der Waals surface area contributed by atoms with Gasteiger partial charge in [0.05, 0.1) is 29.6 Å². The van der Waals surface area contributed by atoms with E-state index in [1.54, 1.807) is 52.8 Å². The number of benzene rings is 1. The highest BCUT2D eigenvalue weighted by Crippen LogP contribution is 2.52. The summed E-state index contributed by atoms with van der Waals surface area (Å²) in [5, 5.41) is 6.11. The maximum Gasteiger partial charge on any atom is 0.408 e. The molecule has 5 aliphatic rings. The summed E-state index contributed by atoms with van der Waals surface area (Å²) in [4.78, 5) is 62.4. The molecule has 1 aromatic carbocycles. The second-order valence-electron chi connectivity index (χ2n) is 17.4. The molecule has 14 nitrogen and oxygen atoms in total. The van der Waals surface area contributed by atoms with Crippen LogP contribution in [0.5, 0.6) is 11.5 Å². The summed E-state index contributed by atoms with van der Waals surface area (Å²) in [6.45, 7) is 8.19. The Bertz CT molecular complexity index is 2100. The molecule has 304 valence electrons. The number of hydrogen-bond donors (Lipinski definition) is 3. The molecule has 4 amide bonds. The van der Waals surface area contributed by atoms with Crippen LogP contribution in [0, 0.1) is 12.8 Å². The molecule has 0 bridgehead atoms. The number of hydrogen-bond acceptors (Lipinski definition) is 10. The minimum atomic E-state index is -4.04. The summed E-state index contributed by atoms with van der Waals surface area (Å²) >= 11 is 0. The molecule has 3 N–H and O–H groups in total. The quantitative estimate of drug-likeness (QED) is 0.350. The predicted octanol–water partition coefficient (Wildman–Crippen LogP) is 4.97. The van der Waals surface area contributed by atoms with Gasteiger partial charge in [-0.05, 0) is 91.3 Å². The molecule has 0 unspecified atom stereocenters. The van der Waals surface area contributed by atoms with Crippen LogP contribution in [0.4, 0.5) is 9.18 Å². The number of aryl methyl sites for hydroxylation is 1. The number of carbonyl (C=O) groups excluding carboxylic acids is 4. The first-order chi connectivity index (χ1) is 26.3. The summed E-state index contributed by atoms with van der Waals surface area (Å²) in [5.74, 6) is -1.91. The number of amides is 4. The van der Waals surface area contributed by atoms with Crippen LogP contribution in [-0.4, -0.2) is 89.3 Å². The van der Waals surface area contributed by atoms with Crippen LogP contribution in [0.15, 0.2) is 30.4 Å². The largest absolute Gasteiger partial charge is 0.497 e. The zero-order chi connectivity index (χ0) is 40.4. The van der Waals surface area contributed by atoms with Crippen LogP contribution in [0.3, 0.4) is 0 Å². The van der Waals surface area contributed by atoms with Gasteiger partial charge in [0.1, 0.15) is 46.5 Å². The van der Waals surface area contributed by atoms with Crippen molar-refractivity contribution in [1.82, 2.24) is 25.2 Å². The molecule has 2 saturated carbocycles. The first-order valence-corrected chi connectivity index (χ1v) is 20.9. The molecule has 56 heavy (non-hydrogen) atoms. The standard InChI is InChI=1S/C40H52FN5O9S/c1-23-32-31(26-18-25(53-6)14-15-28(26)42-23)27(41)20-39(54-32)21-30-33(47)44-40(35(49)45-56(51,52)38(5)16-17-38)19-24(40)12-10-8-7-9-11-13-29(34(48)46(30)22-39)43-36(50)55-37(2,3)4/h10,12,14-15,18,24,27,29-30H,7-9,11,13,16-17,19-22H2,1-6H3,(H,43,50)(H,44,47)(H,45,49)/b12-10-/t24-,27-,29+,30+,39-,40-/m1/s1. The minimum Gasteiger partial charge on any atom is -0.497 e. The smallest absolute Gasteiger partial charge is 0.408 e. The van der Waals surface area contributed by atoms with E-state index in [2.05, 4.69) is 20.3 Å². The number of methoxy groups -OCH3 is 1. The average molecular weight is 798 g/mol. The highest BCUT2D eigenvalue weighted by molar-refractivity contribution is 7.91. The summed E-state index contributed by atoms with van der Waals surface area (Å²) < 4.78 is 62.0. The van der Waals surface area contributed by atoms with E-state index in [0.717, 1.165) is 12.8 Å². The maximum absolute atomic E-state index is 16.8. The fraction of sp³-hybridized carbons (Fsp3) is 0.625. The lowest BCUT2D eigenvalue weighted by Gasteiger charge is -2.38. The number of fused-ring (bicyclic) bond motifs is 5. The van der Waals surface area contributed by atoms with Gasteiger partial charge in [0.25, 0.3) is 5.91 Å². The van der Waals surface area contributed by atoms with Gasteiger partial charge in [0.2, 0.25) is 21.8 Å². The minimum absolute atomic E-state index is 0.145. The first kappa shape index (κ1) is 39.8. The molecular formula is C40H52FN5O9S. The third-order valence-corrected chi connectivity index (χ3v) is 14.0. The third-order valence-electron chi connectivity index (χ3n) is 11.8. The summed E-state index contributed by atoms with van der Waals surface area (Å²) in [6, 6.07) is 2.82. The Hall–Kier alpha value is -4.47. The summed E-state index contributed by atoms with van der Waals surface area (Å²) in [5.41, 5.74) is -2.55. The van der Waals surface area contributed by atoms with Crippen LogP contribution in [0.1, 0.15) is 109 Å². The lowest BCUT2D eigenvalue weighted by atomic mass is 9.86. The van der Waals surface area contributed by atoms with Gasteiger partial charge in [0, 0.05) is 29.7 Å². The van der Waals surface area contributed by atoms with Gasteiger partial charge in [-0.25, -0.2) is 22.6 Å². The van der Waals surface area contributed by atoms with E-state index in [9.17, 15) is 27.6 Å². The SMILES string of the molecule is COc1ccc2nc(C)c3c(c2c1)[C@H](F)C[C@]1(C[C@H]2C(=O)N[C@]4(C(=O)NS(=O)(=O)C5(C)CC5)C[C@H]4/C=C\CCCCC[C@H](NC(=O)OC(C)(C)C)C(=O)N2C1)O3. The number of carbonyl (C=O) groups is 4. The molecule has 3 aliphatic heterocycles. The van der Waals surface area contributed by atoms with Crippen molar-refractivity contribution in [3.05, 3.63) is 41.6 Å². The van der Waals surface area contributed by atoms with E-state index in [-0.39, 0.29) is 38.0 Å². The normalized spacial score (nSPS) is 30.7. The number of nitrogens with zero attached hydrogens (tertiary/aromatic N) is 2. The van der Waals surface area contributed by atoms with Crippen LogP contribution in [0.2, 0.25) is 0 Å². The fourth-order valence-electron chi connectivity index (χ4n) is 8.29. The van der Waals surface area contributed by atoms with Crippen molar-refractivity contribution in [3.8, 4) is 11.5 Å². The maximum atomic E-state index is 16.8. The number of nitrogens with one attached hydrogen (secondary N) is 3. The zero-order valence-corrected chi connectivity index (χ0v) is 33.6. The van der Waals surface area contributed by atoms with Gasteiger partial charge >= 0.3 is 6.09 Å². The van der Waals surface area contributed by atoms with Crippen LogP contribution >= 0.6 is 0 Å². The number of halogens is 1. The second kappa shape index (κ2) is 14.2. The van der Waals surface area contributed by atoms with Gasteiger partial charge in [-0.3, -0.25) is 19.1 Å². The number of sulfonamides is 1. The van der Waals surface area contributed by atoms with Crippen LogP contribution in [-0.2, 0) is 29.1 Å². The number of ether oxygens (including phenoxy) is 3. The lowest BCUT2D eigenvalue weighted by Crippen LogP contribution is -2.58. The Balaban J connectivity index is 1.26. The monoisotopic (exact) mass is 797 g/mol. The van der Waals surface area contributed by atoms with Crippen LogP contribution < -0.4 is 24.8 Å². The van der Waals surface area contributed by atoms with Crippen molar-refractivity contribution < 1.29 is 46.2 Å². The van der Waals surface area contributed by atoms with Crippen molar-refractivity contribution in [2.75, 3.05) is 13.7 Å². The Kier molecular flexibility index (Phi) is 10.1. The third kappa shape index (κ3) is 7.52. The molecule has 3 fully saturated rings. The molecule has 4 heterocycles. The molecule has 2 aromatic rings. The van der Waals surface area contributed by atoms with Crippen molar-refractivity contribution in [1.29, 1.82) is 0 Å². The molecule has 2 aliphatic carbocycles. The fourth-order valence-corrected chi connectivity index (χ4v) is 9.60. The predicted molar refractivity (Wildman–Crippen MR) is 204 cm³/mol. The molecule has 7 rings (SSSR count). The molecular weight excluding hydrogens is 746 g/mol. The molecule has 1 saturated heterocycles. The van der Waals surface area contributed by atoms with E-state index in [1.807, 2.05) is 12.2 Å². The summed E-state index contributed by atoms with van der Waals surface area (Å²) in [6.07, 6.45) is 4.95. The van der Waals surface area contributed by atoms with Gasteiger partial charge < -0.3 is 29.7 Å². The average Bonchev–Trinajstić information content (AvgIpc) is 4.01. The van der Waals surface area contributed by atoms with E-state index < -0.39 is 79.5 Å². The van der Waals surface area contributed by atoms with Crippen LogP contribution in [0.25, 0.3) is 10.9 Å². The number of alkyl carbamates (subject to hydrolysis) is 1. The zero-order valence-electron chi connectivity index (χ0n) is 32.8.